The topological polar surface area (TPSA) is 72.8 Å². The van der Waals surface area contributed by atoms with E-state index < -0.39 is 12.3 Å². The van der Waals surface area contributed by atoms with Crippen LogP contribution in [0.1, 0.15) is 32.6 Å². The molecule has 1 atom stereocenters. The van der Waals surface area contributed by atoms with Crippen molar-refractivity contribution in [1.29, 1.82) is 0 Å². The summed E-state index contributed by atoms with van der Waals surface area (Å²) in [4.78, 5) is 22.5. The molecule has 1 unspecified atom stereocenters. The minimum absolute atomic E-state index is 0.184. The van der Waals surface area contributed by atoms with E-state index in [4.69, 9.17) is 9.84 Å². The number of unbranched alkanes of at least 4 members (excludes halogenated alkanes) is 1. The van der Waals surface area contributed by atoms with Gasteiger partial charge in [-0.3, -0.25) is 9.59 Å². The predicted octanol–water partition coefficient (Wildman–Crippen LogP) is 2.03. The highest BCUT2D eigenvalue weighted by Gasteiger charge is 2.08. The van der Waals surface area contributed by atoms with Crippen LogP contribution in [0.2, 0.25) is 0 Å². The van der Waals surface area contributed by atoms with E-state index in [1.165, 1.54) is 6.92 Å². The van der Waals surface area contributed by atoms with Crippen molar-refractivity contribution in [3.05, 3.63) is 30.3 Å². The van der Waals surface area contributed by atoms with E-state index in [0.29, 0.717) is 18.6 Å². The molecule has 1 N–H and O–H groups in total. The standard InChI is InChI=1S/C14H18O5/c1-11(15)18-13(16)9-5-6-10-14(17)19-12-7-3-2-4-8-12/h2-4,7-8,11,15H,5-6,9-10H2,1H3. The number of para-hydroxylation sites is 1. The van der Waals surface area contributed by atoms with Crippen LogP contribution in [0.25, 0.3) is 0 Å². The van der Waals surface area contributed by atoms with Gasteiger partial charge in [0, 0.05) is 12.8 Å². The molecule has 5 heteroatoms. The largest absolute Gasteiger partial charge is 0.436 e. The summed E-state index contributed by atoms with van der Waals surface area (Å²) >= 11 is 0. The lowest BCUT2D eigenvalue weighted by Crippen LogP contribution is -2.13. The van der Waals surface area contributed by atoms with Gasteiger partial charge in [0.1, 0.15) is 5.75 Å². The van der Waals surface area contributed by atoms with Gasteiger partial charge in [0.2, 0.25) is 0 Å². The Morgan fingerprint density at radius 2 is 1.68 bits per heavy atom. The average molecular weight is 266 g/mol. The quantitative estimate of drug-likeness (QED) is 0.354. The van der Waals surface area contributed by atoms with Gasteiger partial charge >= 0.3 is 11.9 Å². The molecule has 0 saturated carbocycles. The normalized spacial score (nSPS) is 11.7. The number of esters is 2. The molecule has 0 amide bonds. The van der Waals surface area contributed by atoms with E-state index >= 15 is 0 Å². The molecule has 0 aliphatic carbocycles. The monoisotopic (exact) mass is 266 g/mol. The number of carbonyl (C=O) groups is 2. The Balaban J connectivity index is 2.13. The van der Waals surface area contributed by atoms with E-state index in [0.717, 1.165) is 0 Å². The van der Waals surface area contributed by atoms with Gasteiger partial charge in [0.05, 0.1) is 0 Å². The van der Waals surface area contributed by atoms with Crippen LogP contribution in [0.5, 0.6) is 5.75 Å². The van der Waals surface area contributed by atoms with Gasteiger partial charge in [0.15, 0.2) is 6.29 Å². The van der Waals surface area contributed by atoms with Gasteiger partial charge in [-0.1, -0.05) is 18.2 Å². The molecule has 0 saturated heterocycles. The zero-order chi connectivity index (χ0) is 14.1. The molecule has 5 nitrogen and oxygen atoms in total. The van der Waals surface area contributed by atoms with Crippen LogP contribution in [0.3, 0.4) is 0 Å². The second kappa shape index (κ2) is 8.26. The molecule has 104 valence electrons. The Bertz CT molecular complexity index is 400. The molecule has 1 aromatic rings. The van der Waals surface area contributed by atoms with Crippen molar-refractivity contribution >= 4 is 11.9 Å². The molecular weight excluding hydrogens is 248 g/mol. The van der Waals surface area contributed by atoms with Crippen LogP contribution >= 0.6 is 0 Å². The number of hydrogen-bond acceptors (Lipinski definition) is 5. The number of aliphatic hydroxyl groups is 1. The van der Waals surface area contributed by atoms with E-state index in [1.54, 1.807) is 24.3 Å². The lowest BCUT2D eigenvalue weighted by Gasteiger charge is -2.06. The summed E-state index contributed by atoms with van der Waals surface area (Å²) in [5.41, 5.74) is 0. The number of benzene rings is 1. The minimum Gasteiger partial charge on any atom is -0.436 e. The Kier molecular flexibility index (Phi) is 6.60. The highest BCUT2D eigenvalue weighted by atomic mass is 16.6. The molecule has 0 aromatic heterocycles. The first kappa shape index (κ1) is 15.2. The van der Waals surface area contributed by atoms with Crippen LogP contribution in [0, 0.1) is 0 Å². The van der Waals surface area contributed by atoms with Crippen molar-refractivity contribution in [2.75, 3.05) is 0 Å². The van der Waals surface area contributed by atoms with E-state index in [1.807, 2.05) is 6.07 Å². The molecule has 0 aliphatic heterocycles. The summed E-state index contributed by atoms with van der Waals surface area (Å²) in [5.74, 6) is -0.275. The highest BCUT2D eigenvalue weighted by Crippen LogP contribution is 2.10. The highest BCUT2D eigenvalue weighted by molar-refractivity contribution is 5.72. The lowest BCUT2D eigenvalue weighted by atomic mass is 10.2. The van der Waals surface area contributed by atoms with Crippen molar-refractivity contribution in [2.24, 2.45) is 0 Å². The fourth-order valence-electron chi connectivity index (χ4n) is 1.46. The second-order valence-electron chi connectivity index (χ2n) is 4.08. The fraction of sp³-hybridized carbons (Fsp3) is 0.429. The van der Waals surface area contributed by atoms with Gasteiger partial charge in [-0.2, -0.15) is 0 Å². The number of ether oxygens (including phenoxy) is 2. The molecule has 0 bridgehead atoms. The molecule has 19 heavy (non-hydrogen) atoms. The summed E-state index contributed by atoms with van der Waals surface area (Å²) < 4.78 is 9.64. The first-order valence-electron chi connectivity index (χ1n) is 6.21. The van der Waals surface area contributed by atoms with Gasteiger partial charge in [-0.05, 0) is 31.9 Å². The first-order chi connectivity index (χ1) is 9.08. The Morgan fingerprint density at radius 3 is 2.26 bits per heavy atom. The van der Waals surface area contributed by atoms with Crippen molar-refractivity contribution in [3.8, 4) is 5.75 Å². The number of rotatable bonds is 7. The lowest BCUT2D eigenvalue weighted by molar-refractivity contribution is -0.164. The SMILES string of the molecule is CC(O)OC(=O)CCCCC(=O)Oc1ccccc1. The fourth-order valence-corrected chi connectivity index (χ4v) is 1.46. The van der Waals surface area contributed by atoms with Crippen molar-refractivity contribution < 1.29 is 24.2 Å². The van der Waals surface area contributed by atoms with Gasteiger partial charge in [-0.15, -0.1) is 0 Å². The molecule has 0 heterocycles. The van der Waals surface area contributed by atoms with Crippen LogP contribution in [0.15, 0.2) is 30.3 Å². The molecule has 0 fully saturated rings. The zero-order valence-corrected chi connectivity index (χ0v) is 10.9. The minimum atomic E-state index is -1.09. The predicted molar refractivity (Wildman–Crippen MR) is 68.3 cm³/mol. The Morgan fingerprint density at radius 1 is 1.11 bits per heavy atom. The number of carbonyl (C=O) groups excluding carboxylic acids is 2. The Hall–Kier alpha value is -1.88. The van der Waals surface area contributed by atoms with Gasteiger partial charge in [-0.25, -0.2) is 0 Å². The van der Waals surface area contributed by atoms with Crippen LogP contribution in [0.4, 0.5) is 0 Å². The second-order valence-corrected chi connectivity index (χ2v) is 4.08. The summed E-state index contributed by atoms with van der Waals surface area (Å²) in [6, 6.07) is 8.82. The summed E-state index contributed by atoms with van der Waals surface area (Å²) in [7, 11) is 0. The van der Waals surface area contributed by atoms with Gasteiger partial charge < -0.3 is 14.6 Å². The smallest absolute Gasteiger partial charge is 0.311 e. The summed E-state index contributed by atoms with van der Waals surface area (Å²) in [5, 5.41) is 8.81. The third-order valence-electron chi connectivity index (χ3n) is 2.29. The van der Waals surface area contributed by atoms with Crippen LogP contribution in [-0.4, -0.2) is 23.3 Å². The van der Waals surface area contributed by atoms with Crippen molar-refractivity contribution in [1.82, 2.24) is 0 Å². The van der Waals surface area contributed by atoms with Crippen molar-refractivity contribution in [2.45, 2.75) is 38.9 Å². The Labute approximate surface area is 112 Å². The van der Waals surface area contributed by atoms with Gasteiger partial charge in [0.25, 0.3) is 0 Å². The first-order valence-corrected chi connectivity index (χ1v) is 6.21. The molecule has 0 spiro atoms. The maximum Gasteiger partial charge on any atom is 0.311 e. The zero-order valence-electron chi connectivity index (χ0n) is 10.9. The van der Waals surface area contributed by atoms with E-state index in [2.05, 4.69) is 4.74 Å². The molecule has 1 aromatic carbocycles. The number of hydrogen-bond donors (Lipinski definition) is 1. The summed E-state index contributed by atoms with van der Waals surface area (Å²) in [6.45, 7) is 1.37. The summed E-state index contributed by atoms with van der Waals surface area (Å²) in [6.07, 6.45) is 0.409. The maximum atomic E-state index is 11.5. The molecule has 0 radical (unpaired) electrons. The number of aliphatic hydroxyl groups excluding tert-OH is 1. The average Bonchev–Trinajstić information content (AvgIpc) is 2.35. The third kappa shape index (κ3) is 7.21. The van der Waals surface area contributed by atoms with E-state index in [9.17, 15) is 9.59 Å². The molecule has 1 rings (SSSR count). The molecular formula is C14H18O5. The van der Waals surface area contributed by atoms with Crippen LogP contribution in [-0.2, 0) is 14.3 Å². The maximum absolute atomic E-state index is 11.5. The van der Waals surface area contributed by atoms with E-state index in [-0.39, 0.29) is 18.8 Å². The van der Waals surface area contributed by atoms with Crippen LogP contribution < -0.4 is 4.74 Å². The molecule has 0 aliphatic rings. The van der Waals surface area contributed by atoms with Crippen molar-refractivity contribution in [3.63, 3.8) is 0 Å². The third-order valence-corrected chi connectivity index (χ3v) is 2.29.